The number of aromatic nitrogens is 1. The van der Waals surface area contributed by atoms with Gasteiger partial charge in [0.15, 0.2) is 11.4 Å². The van der Waals surface area contributed by atoms with Gasteiger partial charge in [-0.15, -0.1) is 23.6 Å². The molecule has 4 aromatic carbocycles. The van der Waals surface area contributed by atoms with Crippen molar-refractivity contribution in [3.05, 3.63) is 125 Å². The van der Waals surface area contributed by atoms with Crippen LogP contribution in [0.15, 0.2) is 101 Å². The van der Waals surface area contributed by atoms with Gasteiger partial charge in [-0.3, -0.25) is 9.78 Å². The van der Waals surface area contributed by atoms with Gasteiger partial charge in [-0.1, -0.05) is 139 Å². The normalized spacial score (nSPS) is 12.1. The van der Waals surface area contributed by atoms with Crippen LogP contribution < -0.4 is 0 Å². The van der Waals surface area contributed by atoms with E-state index in [1.54, 1.807) is 0 Å². The summed E-state index contributed by atoms with van der Waals surface area (Å²) in [5.41, 5.74) is 11.6. The average Bonchev–Trinajstić information content (AvgIpc) is 3.56. The van der Waals surface area contributed by atoms with Gasteiger partial charge in [0, 0.05) is 54.3 Å². The Morgan fingerprint density at radius 2 is 1.39 bits per heavy atom. The molecule has 1 radical (unpaired) electrons. The number of allylic oxidation sites excluding steroid dienone is 2. The molecule has 1 N–H and O–H groups in total. The first kappa shape index (κ1) is 44.4. The second-order valence-corrected chi connectivity index (χ2v) is 16.3. The van der Waals surface area contributed by atoms with Crippen molar-refractivity contribution in [1.82, 2.24) is 4.98 Å². The number of aliphatic hydroxyl groups is 1. The number of aliphatic hydroxyl groups excluding tert-OH is 1. The molecule has 0 aliphatic carbocycles. The molecule has 0 saturated carbocycles. The van der Waals surface area contributed by atoms with Crippen LogP contribution in [0.2, 0.25) is 0 Å². The molecule has 2 aromatic heterocycles. The van der Waals surface area contributed by atoms with Gasteiger partial charge >= 0.3 is 0 Å². The predicted molar refractivity (Wildman–Crippen MR) is 233 cm³/mol. The van der Waals surface area contributed by atoms with Crippen molar-refractivity contribution < 1.29 is 34.4 Å². The van der Waals surface area contributed by atoms with E-state index in [9.17, 15) is 9.90 Å². The Morgan fingerprint density at radius 3 is 1.98 bits per heavy atom. The molecular formula is C51H60IrNO3-. The Balaban J connectivity index is 0.000000330. The molecule has 0 atom stereocenters. The summed E-state index contributed by atoms with van der Waals surface area (Å²) in [6, 6.07) is 33.8. The zero-order chi connectivity index (χ0) is 40.1. The van der Waals surface area contributed by atoms with Crippen LogP contribution in [-0.4, -0.2) is 15.9 Å². The monoisotopic (exact) mass is 927 g/mol. The van der Waals surface area contributed by atoms with E-state index in [2.05, 4.69) is 113 Å². The minimum Gasteiger partial charge on any atom is -0.512 e. The van der Waals surface area contributed by atoms with Crippen molar-refractivity contribution in [3.63, 3.8) is 0 Å². The van der Waals surface area contributed by atoms with Crippen LogP contribution in [0.4, 0.5) is 0 Å². The Labute approximate surface area is 349 Å². The van der Waals surface area contributed by atoms with E-state index in [0.29, 0.717) is 5.92 Å². The number of ketones is 1. The third kappa shape index (κ3) is 9.61. The molecule has 0 aliphatic heterocycles. The maximum absolute atomic E-state index is 12.2. The Morgan fingerprint density at radius 1 is 0.804 bits per heavy atom. The molecule has 4 nitrogen and oxygen atoms in total. The predicted octanol–water partition coefficient (Wildman–Crippen LogP) is 14.6. The quantitative estimate of drug-likeness (QED) is 0.0754. The third-order valence-electron chi connectivity index (χ3n) is 11.8. The molecule has 6 rings (SSSR count). The molecule has 0 bridgehead atoms. The SMILES string of the molecule is CCC(C)(CC)C(=O)/C=C(\O)C(C)(CC)CC.Cc1cc2nc(-c3[c-]c4ccccc4c(-c4ccccc4)c3)cc(-c3c(C)cc(CC(C)C)cc3C)c2o1.[Ir]. The Kier molecular flexibility index (Phi) is 14.9. The van der Waals surface area contributed by atoms with Crippen LogP contribution in [0.1, 0.15) is 104 Å². The average molecular weight is 927 g/mol. The van der Waals surface area contributed by atoms with Crippen molar-refractivity contribution in [2.24, 2.45) is 16.7 Å². The number of benzene rings is 4. The maximum Gasteiger partial charge on any atom is 0.164 e. The zero-order valence-corrected chi connectivity index (χ0v) is 37.7. The van der Waals surface area contributed by atoms with Gasteiger partial charge < -0.3 is 9.52 Å². The van der Waals surface area contributed by atoms with Gasteiger partial charge in [-0.25, -0.2) is 0 Å². The van der Waals surface area contributed by atoms with Crippen LogP contribution in [0.3, 0.4) is 0 Å². The summed E-state index contributed by atoms with van der Waals surface area (Å²) in [7, 11) is 0. The second-order valence-electron chi connectivity index (χ2n) is 16.3. The molecule has 0 spiro atoms. The number of nitrogens with zero attached hydrogens (tertiary/aromatic N) is 1. The minimum atomic E-state index is -0.337. The summed E-state index contributed by atoms with van der Waals surface area (Å²) < 4.78 is 6.24. The van der Waals surface area contributed by atoms with Gasteiger partial charge in [0.2, 0.25) is 0 Å². The first-order valence-corrected chi connectivity index (χ1v) is 20.1. The number of furan rings is 1. The first-order chi connectivity index (χ1) is 26.2. The summed E-state index contributed by atoms with van der Waals surface area (Å²) >= 11 is 0. The Bertz CT molecular complexity index is 2280. The molecule has 6 aromatic rings. The fourth-order valence-electron chi connectivity index (χ4n) is 7.44. The number of carbonyl (C=O) groups excluding carboxylic acids is 1. The smallest absolute Gasteiger partial charge is 0.164 e. The number of hydrogen-bond acceptors (Lipinski definition) is 4. The molecule has 0 unspecified atom stereocenters. The number of rotatable bonds is 12. The van der Waals surface area contributed by atoms with Gasteiger partial charge in [-0.2, -0.15) is 0 Å². The molecule has 56 heavy (non-hydrogen) atoms. The number of fused-ring (bicyclic) bond motifs is 2. The summed E-state index contributed by atoms with van der Waals surface area (Å²) in [4.78, 5) is 17.3. The maximum atomic E-state index is 12.2. The fraction of sp³-hybridized carbons (Fsp3) is 0.373. The van der Waals surface area contributed by atoms with Gasteiger partial charge in [-0.05, 0) is 86.6 Å². The van der Waals surface area contributed by atoms with Gasteiger partial charge in [0.25, 0.3) is 0 Å². The van der Waals surface area contributed by atoms with E-state index in [-0.39, 0.29) is 42.5 Å². The standard InChI is InChI=1S/C36H32NO.C15H28O2.Ir/c1-22(2)15-26-16-23(3)35(24(4)17-26)32-21-33(37-34-18-25(5)38-36(32)34)29-19-28-13-9-10-14-30(28)31(20-29)27-11-7-6-8-12-27;1-7-14(5,8-2)12(16)11-13(17)15(6,9-3)10-4;/h6-14,16-18,20-22H,15H2,1-5H3;11,16H,7-10H2,1-6H3;/q-1;;/b;12-11-;. The van der Waals surface area contributed by atoms with E-state index in [0.717, 1.165) is 71.2 Å². The summed E-state index contributed by atoms with van der Waals surface area (Å²) in [5, 5.41) is 12.4. The summed E-state index contributed by atoms with van der Waals surface area (Å²) in [5.74, 6) is 1.77. The largest absolute Gasteiger partial charge is 0.512 e. The van der Waals surface area contributed by atoms with Crippen molar-refractivity contribution in [3.8, 4) is 33.5 Å². The molecule has 0 aliphatic rings. The molecular weight excluding hydrogens is 867 g/mol. The second kappa shape index (κ2) is 18.8. The third-order valence-corrected chi connectivity index (χ3v) is 11.8. The van der Waals surface area contributed by atoms with Gasteiger partial charge in [0.05, 0.1) is 0 Å². The Hall–Kier alpha value is -4.31. The fourth-order valence-corrected chi connectivity index (χ4v) is 7.44. The molecule has 5 heteroatoms. The topological polar surface area (TPSA) is 63.3 Å². The number of pyridine rings is 1. The van der Waals surface area contributed by atoms with Crippen LogP contribution in [0, 0.1) is 43.6 Å². The minimum absolute atomic E-state index is 0. The van der Waals surface area contributed by atoms with E-state index >= 15 is 0 Å². The number of hydrogen-bond donors (Lipinski definition) is 1. The number of aryl methyl sites for hydroxylation is 3. The van der Waals surface area contributed by atoms with Crippen LogP contribution in [0.5, 0.6) is 0 Å². The van der Waals surface area contributed by atoms with E-state index in [1.807, 2.05) is 54.5 Å². The van der Waals surface area contributed by atoms with Crippen molar-refractivity contribution >= 4 is 27.7 Å². The van der Waals surface area contributed by atoms with Gasteiger partial charge in [0.1, 0.15) is 17.0 Å². The molecule has 297 valence electrons. The molecule has 0 saturated heterocycles. The molecule has 2 heterocycles. The summed E-state index contributed by atoms with van der Waals surface area (Å²) in [6.07, 6.45) is 5.83. The van der Waals surface area contributed by atoms with Crippen LogP contribution in [-0.2, 0) is 31.3 Å². The molecule has 0 fully saturated rings. The van der Waals surface area contributed by atoms with Crippen LogP contribution >= 0.6 is 0 Å². The van der Waals surface area contributed by atoms with E-state index in [1.165, 1.54) is 44.8 Å². The van der Waals surface area contributed by atoms with Crippen molar-refractivity contribution in [1.29, 1.82) is 0 Å². The van der Waals surface area contributed by atoms with Crippen molar-refractivity contribution in [2.45, 2.75) is 108 Å². The van der Waals surface area contributed by atoms with E-state index in [4.69, 9.17) is 9.40 Å². The summed E-state index contributed by atoms with van der Waals surface area (Å²) in [6.45, 7) is 23.0. The van der Waals surface area contributed by atoms with E-state index < -0.39 is 0 Å². The zero-order valence-electron chi connectivity index (χ0n) is 35.3. The number of carbonyl (C=O) groups is 1. The first-order valence-electron chi connectivity index (χ1n) is 20.1. The van der Waals surface area contributed by atoms with Crippen molar-refractivity contribution in [2.75, 3.05) is 0 Å². The van der Waals surface area contributed by atoms with Crippen LogP contribution in [0.25, 0.3) is 55.4 Å². The molecule has 0 amide bonds.